The van der Waals surface area contributed by atoms with Gasteiger partial charge in [-0.3, -0.25) is 0 Å². The van der Waals surface area contributed by atoms with Gasteiger partial charge in [-0.2, -0.15) is 0 Å². The molecule has 10 heterocycles. The van der Waals surface area contributed by atoms with Crippen LogP contribution in [0.15, 0.2) is 75.6 Å². The molecule has 4 bridgehead atoms. The van der Waals surface area contributed by atoms with E-state index in [-0.39, 0.29) is 0 Å². The van der Waals surface area contributed by atoms with E-state index in [1.165, 1.54) is 0 Å². The van der Waals surface area contributed by atoms with Gasteiger partial charge in [0.1, 0.15) is 34.9 Å². The predicted octanol–water partition coefficient (Wildman–Crippen LogP) is -0.220. The topological polar surface area (TPSA) is 149 Å². The first-order valence-corrected chi connectivity index (χ1v) is 10.3. The van der Waals surface area contributed by atoms with Gasteiger partial charge >= 0.3 is 0 Å². The fraction of sp³-hybridized carbons (Fsp3) is 0.300. The van der Waals surface area contributed by atoms with Gasteiger partial charge in [-0.25, -0.2) is 30.0 Å². The van der Waals surface area contributed by atoms with E-state index in [9.17, 15) is 0 Å². The lowest BCUT2D eigenvalue weighted by molar-refractivity contribution is 0.442. The van der Waals surface area contributed by atoms with Gasteiger partial charge < -0.3 is 30.1 Å². The van der Waals surface area contributed by atoms with E-state index in [4.69, 9.17) is 38.8 Å². The Morgan fingerprint density at radius 2 is 1.25 bits per heavy atom. The Labute approximate surface area is 181 Å². The van der Waals surface area contributed by atoms with Crippen LogP contribution in [0.25, 0.3) is 0 Å². The number of aliphatic imine (C=N–C) groups is 6. The summed E-state index contributed by atoms with van der Waals surface area (Å²) in [6, 6.07) is 7.50. The standard InChI is InChI=1S/C20H18N10O2/c1-3-11(31-5-1)7-21-13-19-15(23-9-25-19)29-18(27-13)20-14(22-8-12-4-2-6-32-12)28-17(19)30-16(20)24-10-26-20/h1-6,9-10,17-18H,7-8H2,(H,21,27)(H,22,28)(H,23,25,29)(H,24,26,30)/t17-,18+,19+,20-. The van der Waals surface area contributed by atoms with Crippen LogP contribution < -0.4 is 21.3 Å². The molecular formula is C20H18N10O2. The molecule has 10 rings (SSSR count). The number of amidine groups is 4. The maximum absolute atomic E-state index is 5.47. The van der Waals surface area contributed by atoms with Crippen LogP contribution in [0.4, 0.5) is 0 Å². The molecule has 32 heavy (non-hydrogen) atoms. The molecule has 0 saturated carbocycles. The van der Waals surface area contributed by atoms with E-state index < -0.39 is 23.4 Å². The summed E-state index contributed by atoms with van der Waals surface area (Å²) in [6.45, 7) is 0.905. The number of hydrogen-bond acceptors (Lipinski definition) is 12. The minimum Gasteiger partial charge on any atom is -0.467 e. The third-order valence-corrected chi connectivity index (χ3v) is 6.16. The second-order valence-electron chi connectivity index (χ2n) is 7.86. The Balaban J connectivity index is 1.32. The fourth-order valence-electron chi connectivity index (χ4n) is 4.62. The molecule has 160 valence electrons. The molecule has 2 aromatic rings. The molecule has 0 saturated heterocycles. The van der Waals surface area contributed by atoms with Crippen molar-refractivity contribution in [2.24, 2.45) is 30.0 Å². The number of rotatable bonds is 4. The smallest absolute Gasteiger partial charge is 0.218 e. The highest BCUT2D eigenvalue weighted by atomic mass is 16.3. The molecule has 8 aliphatic rings. The maximum Gasteiger partial charge on any atom is 0.218 e. The molecule has 0 aliphatic carbocycles. The summed E-state index contributed by atoms with van der Waals surface area (Å²) in [5.74, 6) is 4.15. The summed E-state index contributed by atoms with van der Waals surface area (Å²) in [5.41, 5.74) is -2.02. The van der Waals surface area contributed by atoms with E-state index in [1.807, 2.05) is 24.3 Å². The molecule has 4 atom stereocenters. The Morgan fingerprint density at radius 3 is 1.69 bits per heavy atom. The molecule has 12 heteroatoms. The van der Waals surface area contributed by atoms with Crippen molar-refractivity contribution in [3.8, 4) is 0 Å². The number of hydrogen-bond donors (Lipinski definition) is 4. The zero-order valence-electron chi connectivity index (χ0n) is 16.7. The molecule has 2 spiro atoms. The minimum atomic E-state index is -1.01. The first kappa shape index (κ1) is 17.5. The van der Waals surface area contributed by atoms with Gasteiger partial charge in [0, 0.05) is 0 Å². The third-order valence-electron chi connectivity index (χ3n) is 6.16. The molecule has 0 radical (unpaired) electrons. The van der Waals surface area contributed by atoms with Crippen LogP contribution in [0, 0.1) is 0 Å². The van der Waals surface area contributed by atoms with E-state index in [0.717, 1.165) is 11.5 Å². The van der Waals surface area contributed by atoms with Crippen molar-refractivity contribution < 1.29 is 8.83 Å². The van der Waals surface area contributed by atoms with Crippen molar-refractivity contribution in [1.29, 1.82) is 0 Å². The van der Waals surface area contributed by atoms with Gasteiger partial charge in [0.05, 0.1) is 38.3 Å². The van der Waals surface area contributed by atoms with Crippen LogP contribution in [0.2, 0.25) is 0 Å². The lowest BCUT2D eigenvalue weighted by Gasteiger charge is -2.45. The number of nitrogens with zero attached hydrogens (tertiary/aromatic N) is 6. The molecule has 0 aromatic carbocycles. The van der Waals surface area contributed by atoms with Crippen molar-refractivity contribution in [3.63, 3.8) is 0 Å². The van der Waals surface area contributed by atoms with Crippen LogP contribution in [-0.4, -0.2) is 59.4 Å². The van der Waals surface area contributed by atoms with Crippen molar-refractivity contribution in [2.75, 3.05) is 0 Å². The maximum atomic E-state index is 5.47. The summed E-state index contributed by atoms with van der Waals surface area (Å²) in [5, 5.41) is 13.1. The quantitative estimate of drug-likeness (QED) is 0.527. The van der Waals surface area contributed by atoms with Gasteiger partial charge in [0.15, 0.2) is 12.3 Å². The van der Waals surface area contributed by atoms with Crippen LogP contribution in [0.5, 0.6) is 0 Å². The highest BCUT2D eigenvalue weighted by molar-refractivity contribution is 6.28. The largest absolute Gasteiger partial charge is 0.467 e. The first-order valence-electron chi connectivity index (χ1n) is 10.3. The average Bonchev–Trinajstić information content (AvgIpc) is 3.60. The second kappa shape index (κ2) is 6.15. The lowest BCUT2D eigenvalue weighted by Crippen LogP contribution is -2.71. The summed E-state index contributed by atoms with van der Waals surface area (Å²) >= 11 is 0. The van der Waals surface area contributed by atoms with Crippen LogP contribution >= 0.6 is 0 Å². The molecule has 12 nitrogen and oxygen atoms in total. The third kappa shape index (κ3) is 2.15. The van der Waals surface area contributed by atoms with Gasteiger partial charge in [-0.15, -0.1) is 0 Å². The van der Waals surface area contributed by atoms with Crippen LogP contribution in [0.3, 0.4) is 0 Å². The van der Waals surface area contributed by atoms with Gasteiger partial charge in [-0.1, -0.05) is 0 Å². The zero-order chi connectivity index (χ0) is 21.2. The number of nitrogens with one attached hydrogen (secondary N) is 4. The Bertz CT molecular complexity index is 1160. The average molecular weight is 430 g/mol. The molecule has 0 unspecified atom stereocenters. The fourth-order valence-corrected chi connectivity index (χ4v) is 4.62. The molecule has 4 N–H and O–H groups in total. The van der Waals surface area contributed by atoms with Gasteiger partial charge in [0.25, 0.3) is 0 Å². The molecule has 8 aliphatic heterocycles. The minimum absolute atomic E-state index is 0.453. The molecular weight excluding hydrogens is 412 g/mol. The Hall–Kier alpha value is -4.22. The normalized spacial score (nSPS) is 32.6. The highest BCUT2D eigenvalue weighted by Crippen LogP contribution is 2.41. The van der Waals surface area contributed by atoms with E-state index in [1.54, 1.807) is 25.2 Å². The van der Waals surface area contributed by atoms with Crippen molar-refractivity contribution in [3.05, 3.63) is 48.3 Å². The van der Waals surface area contributed by atoms with Crippen LogP contribution in [0.1, 0.15) is 11.5 Å². The lowest BCUT2D eigenvalue weighted by atomic mass is 9.83. The van der Waals surface area contributed by atoms with E-state index >= 15 is 0 Å². The Kier molecular flexibility index (Phi) is 3.36. The first-order chi connectivity index (χ1) is 15.8. The second-order valence-corrected chi connectivity index (χ2v) is 7.86. The van der Waals surface area contributed by atoms with Gasteiger partial charge in [-0.05, 0) is 24.3 Å². The summed E-state index contributed by atoms with van der Waals surface area (Å²) < 4.78 is 10.9. The van der Waals surface area contributed by atoms with Crippen molar-refractivity contribution >= 4 is 36.0 Å². The summed E-state index contributed by atoms with van der Waals surface area (Å²) in [7, 11) is 0. The van der Waals surface area contributed by atoms with E-state index in [2.05, 4.69) is 21.3 Å². The number of furan rings is 2. The Morgan fingerprint density at radius 1 is 0.750 bits per heavy atom. The van der Waals surface area contributed by atoms with Gasteiger partial charge in [0.2, 0.25) is 11.1 Å². The highest BCUT2D eigenvalue weighted by Gasteiger charge is 2.64. The summed E-state index contributed by atoms with van der Waals surface area (Å²) in [6.07, 6.45) is 5.27. The molecule has 0 fully saturated rings. The van der Waals surface area contributed by atoms with Crippen molar-refractivity contribution in [2.45, 2.75) is 36.5 Å². The summed E-state index contributed by atoms with van der Waals surface area (Å²) in [4.78, 5) is 29.3. The zero-order valence-corrected chi connectivity index (χ0v) is 16.7. The molecule has 0 amide bonds. The van der Waals surface area contributed by atoms with E-state index in [0.29, 0.717) is 36.4 Å². The van der Waals surface area contributed by atoms with Crippen molar-refractivity contribution in [1.82, 2.24) is 21.3 Å². The van der Waals surface area contributed by atoms with Crippen LogP contribution in [-0.2, 0) is 13.1 Å². The molecule has 2 aromatic heterocycles. The monoisotopic (exact) mass is 430 g/mol. The predicted molar refractivity (Wildman–Crippen MR) is 117 cm³/mol. The SMILES string of the molecule is C1=N[C@]23C(=N[C@H](N=C2NCc2ccco2)[C@]24N=CNC2=N[C@H]3N=C4NCc2ccco2)N1.